The summed E-state index contributed by atoms with van der Waals surface area (Å²) in [5.41, 5.74) is 10.1. The lowest BCUT2D eigenvalue weighted by Crippen LogP contribution is -2.06. The molecule has 14 rings (SSSR count). The van der Waals surface area contributed by atoms with Gasteiger partial charge in [-0.1, -0.05) is 121 Å². The third-order valence-electron chi connectivity index (χ3n) is 12.2. The van der Waals surface area contributed by atoms with E-state index in [2.05, 4.69) is 165 Å². The fourth-order valence-electron chi connectivity index (χ4n) is 9.93. The van der Waals surface area contributed by atoms with Crippen molar-refractivity contribution in [1.82, 2.24) is 23.5 Å². The molecule has 6 nitrogen and oxygen atoms in total. The molecule has 8 aromatic carbocycles. The van der Waals surface area contributed by atoms with E-state index in [1.54, 1.807) is 0 Å². The van der Waals surface area contributed by atoms with E-state index in [9.17, 15) is 0 Å². The number of nitrogens with zero attached hydrogens (tertiary/aromatic N) is 5. The molecule has 0 aliphatic heterocycles. The summed E-state index contributed by atoms with van der Waals surface area (Å²) in [4.78, 5) is 11.0. The first kappa shape index (κ1) is 28.8. The van der Waals surface area contributed by atoms with Crippen molar-refractivity contribution in [3.63, 3.8) is 0 Å². The van der Waals surface area contributed by atoms with E-state index in [1.165, 1.54) is 54.3 Å². The van der Waals surface area contributed by atoms with Gasteiger partial charge in [0.1, 0.15) is 11.1 Å². The molecule has 6 heteroatoms. The number of fused-ring (bicyclic) bond motifs is 18. The van der Waals surface area contributed by atoms with Crippen LogP contribution in [0.2, 0.25) is 0 Å². The van der Waals surface area contributed by atoms with Gasteiger partial charge in [0.2, 0.25) is 5.95 Å². The van der Waals surface area contributed by atoms with Gasteiger partial charge in [0.25, 0.3) is 0 Å². The summed E-state index contributed by atoms with van der Waals surface area (Å²) in [5, 5.41) is 13.0. The molecule has 56 heavy (non-hydrogen) atoms. The number of para-hydroxylation sites is 5. The SMILES string of the molecule is c1ccc2c(c1)ccc1c3c4c(cc5c6ccccc6n(c21)c53)c1ccccc1n4-c1nc(-n2c3ccccc3c3ccccc32)nc2c1oc1ccccc12. The molecule has 0 bridgehead atoms. The van der Waals surface area contributed by atoms with Crippen molar-refractivity contribution in [2.75, 3.05) is 0 Å². The van der Waals surface area contributed by atoms with Crippen LogP contribution in [0.4, 0.5) is 0 Å². The van der Waals surface area contributed by atoms with Gasteiger partial charge < -0.3 is 8.82 Å². The Morgan fingerprint density at radius 1 is 0.393 bits per heavy atom. The summed E-state index contributed by atoms with van der Waals surface area (Å²) < 4.78 is 13.9. The van der Waals surface area contributed by atoms with E-state index in [4.69, 9.17) is 14.4 Å². The molecule has 0 fully saturated rings. The van der Waals surface area contributed by atoms with Crippen LogP contribution in [0.15, 0.2) is 168 Å². The van der Waals surface area contributed by atoms with Crippen LogP contribution >= 0.6 is 0 Å². The summed E-state index contributed by atoms with van der Waals surface area (Å²) in [6, 6.07) is 58.5. The molecule has 258 valence electrons. The Labute approximate surface area is 317 Å². The second-order valence-electron chi connectivity index (χ2n) is 14.9. The minimum Gasteiger partial charge on any atom is -0.450 e. The zero-order valence-electron chi connectivity index (χ0n) is 29.7. The van der Waals surface area contributed by atoms with Gasteiger partial charge in [-0.05, 0) is 47.9 Å². The highest BCUT2D eigenvalue weighted by Gasteiger charge is 2.28. The second kappa shape index (κ2) is 10.1. The smallest absolute Gasteiger partial charge is 0.237 e. The standard InChI is InChI=1S/C50H27N5O/c1-2-14-29-28(13-1)25-26-35-43-46-36(32-17-5-10-22-40(32)54(46)45(29)35)27-37-33-18-6-11-23-41(33)55(47(37)43)49-48-44(34-19-7-12-24-42(34)56-48)51-50(52-49)53-38-20-8-3-15-30(38)31-16-4-9-21-39(31)53/h1-27H. The Hall–Kier alpha value is -7.70. The van der Waals surface area contributed by atoms with Gasteiger partial charge in [-0.3, -0.25) is 9.13 Å². The predicted octanol–water partition coefficient (Wildman–Crippen LogP) is 12.9. The molecule has 0 N–H and O–H groups in total. The lowest BCUT2D eigenvalue weighted by Gasteiger charge is -2.12. The number of aromatic nitrogens is 5. The van der Waals surface area contributed by atoms with Gasteiger partial charge >= 0.3 is 0 Å². The Kier molecular flexibility index (Phi) is 5.18. The average Bonchev–Trinajstić information content (AvgIpc) is 4.05. The molecule has 0 aliphatic carbocycles. The third kappa shape index (κ3) is 3.39. The van der Waals surface area contributed by atoms with Crippen molar-refractivity contribution in [3.05, 3.63) is 164 Å². The molecule has 6 heterocycles. The highest BCUT2D eigenvalue weighted by molar-refractivity contribution is 6.36. The molecule has 0 spiro atoms. The fraction of sp³-hybridized carbons (Fsp3) is 0. The molecule has 0 saturated heterocycles. The monoisotopic (exact) mass is 713 g/mol. The first-order valence-electron chi connectivity index (χ1n) is 19.0. The van der Waals surface area contributed by atoms with E-state index in [-0.39, 0.29) is 0 Å². The Morgan fingerprint density at radius 2 is 0.946 bits per heavy atom. The van der Waals surface area contributed by atoms with Crippen LogP contribution in [0.1, 0.15) is 0 Å². The number of furan rings is 1. The highest BCUT2D eigenvalue weighted by atomic mass is 16.3. The quantitative estimate of drug-likeness (QED) is 0.179. The zero-order chi connectivity index (χ0) is 36.2. The largest absolute Gasteiger partial charge is 0.450 e. The van der Waals surface area contributed by atoms with Crippen molar-refractivity contribution in [1.29, 1.82) is 0 Å². The lowest BCUT2D eigenvalue weighted by molar-refractivity contribution is 0.661. The lowest BCUT2D eigenvalue weighted by atomic mass is 10.0. The number of hydrogen-bond acceptors (Lipinski definition) is 3. The summed E-state index contributed by atoms with van der Waals surface area (Å²) in [6.07, 6.45) is 0. The van der Waals surface area contributed by atoms with Crippen molar-refractivity contribution >= 4 is 115 Å². The maximum atomic E-state index is 6.84. The summed E-state index contributed by atoms with van der Waals surface area (Å²) in [7, 11) is 0. The second-order valence-corrected chi connectivity index (χ2v) is 14.9. The van der Waals surface area contributed by atoms with Crippen LogP contribution in [-0.2, 0) is 0 Å². The summed E-state index contributed by atoms with van der Waals surface area (Å²) in [6.45, 7) is 0. The van der Waals surface area contributed by atoms with Crippen LogP contribution in [0.25, 0.3) is 126 Å². The van der Waals surface area contributed by atoms with E-state index in [0.29, 0.717) is 17.3 Å². The maximum Gasteiger partial charge on any atom is 0.237 e. The molecule has 0 saturated carbocycles. The molecule has 6 aromatic heterocycles. The number of hydrogen-bond donors (Lipinski definition) is 0. The molecular formula is C50H27N5O. The molecular weight excluding hydrogens is 687 g/mol. The number of rotatable bonds is 2. The minimum atomic E-state index is 0.598. The average molecular weight is 714 g/mol. The molecule has 0 aliphatic rings. The molecule has 14 aromatic rings. The first-order chi connectivity index (χ1) is 27.8. The van der Waals surface area contributed by atoms with Crippen molar-refractivity contribution in [2.45, 2.75) is 0 Å². The van der Waals surface area contributed by atoms with Crippen LogP contribution in [0.3, 0.4) is 0 Å². The number of benzene rings is 8. The van der Waals surface area contributed by atoms with Crippen LogP contribution in [0.5, 0.6) is 0 Å². The van der Waals surface area contributed by atoms with Crippen molar-refractivity contribution < 1.29 is 4.42 Å². The maximum absolute atomic E-state index is 6.84. The van der Waals surface area contributed by atoms with Gasteiger partial charge in [-0.15, -0.1) is 0 Å². The van der Waals surface area contributed by atoms with Gasteiger partial charge in [-0.25, -0.2) is 4.98 Å². The van der Waals surface area contributed by atoms with E-state index < -0.39 is 0 Å². The van der Waals surface area contributed by atoms with E-state index >= 15 is 0 Å². The molecule has 0 atom stereocenters. The Morgan fingerprint density at radius 3 is 1.68 bits per heavy atom. The van der Waals surface area contributed by atoms with Crippen LogP contribution in [0, 0.1) is 0 Å². The first-order valence-corrected chi connectivity index (χ1v) is 19.0. The van der Waals surface area contributed by atoms with Gasteiger partial charge in [-0.2, -0.15) is 4.98 Å². The zero-order valence-corrected chi connectivity index (χ0v) is 29.7. The normalized spacial score (nSPS) is 12.6. The molecule has 0 radical (unpaired) electrons. The van der Waals surface area contributed by atoms with Gasteiger partial charge in [0.05, 0.1) is 38.6 Å². The molecule has 0 unspecified atom stereocenters. The fourth-order valence-corrected chi connectivity index (χ4v) is 9.93. The summed E-state index contributed by atoms with van der Waals surface area (Å²) in [5.74, 6) is 1.31. The Bertz CT molecular complexity index is 3960. The van der Waals surface area contributed by atoms with Crippen molar-refractivity contribution in [2.24, 2.45) is 0 Å². The van der Waals surface area contributed by atoms with E-state index in [1.807, 2.05) is 12.1 Å². The van der Waals surface area contributed by atoms with Crippen LogP contribution < -0.4 is 0 Å². The van der Waals surface area contributed by atoms with Gasteiger partial charge in [0, 0.05) is 53.9 Å². The van der Waals surface area contributed by atoms with Gasteiger partial charge in [0.15, 0.2) is 11.4 Å². The minimum absolute atomic E-state index is 0.598. The Balaban J connectivity index is 1.24. The predicted molar refractivity (Wildman–Crippen MR) is 230 cm³/mol. The van der Waals surface area contributed by atoms with Crippen LogP contribution in [-0.4, -0.2) is 23.5 Å². The highest BCUT2D eigenvalue weighted by Crippen LogP contribution is 2.48. The molecule has 0 amide bonds. The third-order valence-corrected chi connectivity index (χ3v) is 12.2. The van der Waals surface area contributed by atoms with Crippen molar-refractivity contribution in [3.8, 4) is 11.8 Å². The van der Waals surface area contributed by atoms with E-state index in [0.717, 1.165) is 54.7 Å². The topological polar surface area (TPSA) is 53.2 Å². The summed E-state index contributed by atoms with van der Waals surface area (Å²) >= 11 is 0.